The number of esters is 1. The minimum atomic E-state index is -0.246. The van der Waals surface area contributed by atoms with Crippen molar-refractivity contribution in [2.75, 3.05) is 6.61 Å². The van der Waals surface area contributed by atoms with Gasteiger partial charge in [0.2, 0.25) is 0 Å². The maximum atomic E-state index is 11.5. The number of rotatable bonds is 9. The summed E-state index contributed by atoms with van der Waals surface area (Å²) < 4.78 is 5.13. The third kappa shape index (κ3) is 6.74. The van der Waals surface area contributed by atoms with Gasteiger partial charge in [0.25, 0.3) is 0 Å². The highest BCUT2D eigenvalue weighted by molar-refractivity contribution is 5.85. The quantitative estimate of drug-likeness (QED) is 0.324. The van der Waals surface area contributed by atoms with Crippen LogP contribution >= 0.6 is 0 Å². The van der Waals surface area contributed by atoms with E-state index < -0.39 is 0 Å². The third-order valence-corrected chi connectivity index (χ3v) is 3.47. The van der Waals surface area contributed by atoms with E-state index in [1.165, 1.54) is 5.56 Å². The first-order valence-corrected chi connectivity index (χ1v) is 7.97. The molecule has 0 saturated carbocycles. The van der Waals surface area contributed by atoms with Crippen LogP contribution in [0.1, 0.15) is 58.9 Å². The van der Waals surface area contributed by atoms with Crippen LogP contribution in [0.15, 0.2) is 35.4 Å². The van der Waals surface area contributed by atoms with Crippen LogP contribution in [0, 0.1) is 0 Å². The van der Waals surface area contributed by atoms with E-state index in [1.807, 2.05) is 25.1 Å². The van der Waals surface area contributed by atoms with Crippen LogP contribution in [0.4, 0.5) is 0 Å². The van der Waals surface area contributed by atoms with Crippen LogP contribution in [-0.2, 0) is 15.1 Å². The van der Waals surface area contributed by atoms with E-state index in [0.717, 1.165) is 18.6 Å². The van der Waals surface area contributed by atoms with Crippen molar-refractivity contribution >= 4 is 11.7 Å². The summed E-state index contributed by atoms with van der Waals surface area (Å²) in [5.41, 5.74) is 5.01. The van der Waals surface area contributed by atoms with Gasteiger partial charge in [-0.2, -0.15) is 5.10 Å². The number of nitrogens with one attached hydrogen (secondary N) is 1. The van der Waals surface area contributed by atoms with Gasteiger partial charge in [-0.3, -0.25) is 4.79 Å². The molecule has 0 atom stereocenters. The monoisotopic (exact) mass is 304 g/mol. The first-order chi connectivity index (χ1) is 10.5. The summed E-state index contributed by atoms with van der Waals surface area (Å²) in [6, 6.07) is 10.2. The van der Waals surface area contributed by atoms with Crippen LogP contribution < -0.4 is 5.43 Å². The van der Waals surface area contributed by atoms with Gasteiger partial charge >= 0.3 is 5.97 Å². The normalized spacial score (nSPS) is 12.1. The molecule has 4 heteroatoms. The van der Waals surface area contributed by atoms with Crippen LogP contribution in [-0.4, -0.2) is 18.3 Å². The highest BCUT2D eigenvalue weighted by Crippen LogP contribution is 2.19. The molecule has 1 aromatic carbocycles. The van der Waals surface area contributed by atoms with Crippen molar-refractivity contribution in [1.29, 1.82) is 0 Å². The zero-order valence-corrected chi connectivity index (χ0v) is 14.2. The summed E-state index contributed by atoms with van der Waals surface area (Å²) in [5.74, 6) is -0.148. The molecule has 22 heavy (non-hydrogen) atoms. The van der Waals surface area contributed by atoms with E-state index in [2.05, 4.69) is 43.4 Å². The Labute approximate surface area is 134 Å². The number of carbonyl (C=O) groups is 1. The number of hydrogen-bond donors (Lipinski definition) is 1. The van der Waals surface area contributed by atoms with Gasteiger partial charge < -0.3 is 10.2 Å². The molecule has 0 heterocycles. The Morgan fingerprint density at radius 1 is 1.23 bits per heavy atom. The zero-order chi connectivity index (χ0) is 16.4. The smallest absolute Gasteiger partial charge is 0.306 e. The minimum Gasteiger partial charge on any atom is -0.466 e. The van der Waals surface area contributed by atoms with Crippen molar-refractivity contribution in [2.45, 2.75) is 58.9 Å². The molecule has 0 spiro atoms. The molecule has 0 saturated heterocycles. The van der Waals surface area contributed by atoms with Gasteiger partial charge in [0, 0.05) is 5.71 Å². The van der Waals surface area contributed by atoms with Crippen LogP contribution in [0.3, 0.4) is 0 Å². The summed E-state index contributed by atoms with van der Waals surface area (Å²) in [7, 11) is 0. The molecule has 0 bridgehead atoms. The lowest BCUT2D eigenvalue weighted by molar-refractivity contribution is -0.143. The Morgan fingerprint density at radius 2 is 1.91 bits per heavy atom. The van der Waals surface area contributed by atoms with Gasteiger partial charge in [0.05, 0.1) is 18.6 Å². The number of unbranched alkanes of at least 4 members (excludes halogenated alkanes) is 1. The Bertz CT molecular complexity index is 481. The second kappa shape index (κ2) is 9.23. The molecule has 0 amide bonds. The van der Waals surface area contributed by atoms with Crippen molar-refractivity contribution in [2.24, 2.45) is 5.10 Å². The summed E-state index contributed by atoms with van der Waals surface area (Å²) >= 11 is 0. The van der Waals surface area contributed by atoms with E-state index in [4.69, 9.17) is 4.74 Å². The average molecular weight is 304 g/mol. The van der Waals surface area contributed by atoms with Gasteiger partial charge in [0.15, 0.2) is 0 Å². The molecule has 0 aliphatic heterocycles. The molecule has 1 rings (SSSR count). The van der Waals surface area contributed by atoms with Crippen molar-refractivity contribution in [3.8, 4) is 0 Å². The molecule has 0 radical (unpaired) electrons. The lowest BCUT2D eigenvalue weighted by atomic mass is 9.95. The Hall–Kier alpha value is -1.84. The van der Waals surface area contributed by atoms with Crippen LogP contribution in [0.25, 0.3) is 0 Å². The fraction of sp³-hybridized carbons (Fsp3) is 0.556. The molecule has 4 nitrogen and oxygen atoms in total. The van der Waals surface area contributed by atoms with Crippen molar-refractivity contribution < 1.29 is 9.53 Å². The standard InChI is InChI=1S/C18H28N2O2/c1-5-6-14-22-17(21)13-12-15(2)19-20-18(3,4)16-10-8-7-9-11-16/h7-11,20H,5-6,12-14H2,1-4H3. The van der Waals surface area contributed by atoms with Crippen LogP contribution in [0.2, 0.25) is 0 Å². The minimum absolute atomic E-state index is 0.148. The molecule has 0 fully saturated rings. The fourth-order valence-corrected chi connectivity index (χ4v) is 1.90. The van der Waals surface area contributed by atoms with Gasteiger partial charge in [-0.15, -0.1) is 0 Å². The summed E-state index contributed by atoms with van der Waals surface area (Å²) in [6.45, 7) is 8.68. The third-order valence-electron chi connectivity index (χ3n) is 3.47. The maximum Gasteiger partial charge on any atom is 0.306 e. The van der Waals surface area contributed by atoms with E-state index in [-0.39, 0.29) is 11.5 Å². The molecule has 0 aliphatic rings. The van der Waals surface area contributed by atoms with Crippen LogP contribution in [0.5, 0.6) is 0 Å². The second-order valence-electron chi connectivity index (χ2n) is 6.02. The molecule has 1 N–H and O–H groups in total. The maximum absolute atomic E-state index is 11.5. The van der Waals surface area contributed by atoms with Gasteiger partial charge in [0.1, 0.15) is 0 Å². The number of nitrogens with zero attached hydrogens (tertiary/aromatic N) is 1. The summed E-state index contributed by atoms with van der Waals surface area (Å²) in [5, 5.41) is 4.40. The van der Waals surface area contributed by atoms with Gasteiger partial charge in [-0.25, -0.2) is 0 Å². The Morgan fingerprint density at radius 3 is 2.55 bits per heavy atom. The lowest BCUT2D eigenvalue weighted by Crippen LogP contribution is -2.33. The topological polar surface area (TPSA) is 50.7 Å². The summed E-state index contributed by atoms with van der Waals surface area (Å²) in [4.78, 5) is 11.5. The molecule has 122 valence electrons. The predicted octanol–water partition coefficient (Wildman–Crippen LogP) is 4.01. The molecule has 0 unspecified atom stereocenters. The highest BCUT2D eigenvalue weighted by atomic mass is 16.5. The Kier molecular flexibility index (Phi) is 7.64. The van der Waals surface area contributed by atoms with Crippen molar-refractivity contribution in [1.82, 2.24) is 5.43 Å². The van der Waals surface area contributed by atoms with E-state index in [1.54, 1.807) is 0 Å². The predicted molar refractivity (Wildman–Crippen MR) is 90.8 cm³/mol. The Balaban J connectivity index is 2.40. The molecule has 0 aliphatic carbocycles. The van der Waals surface area contributed by atoms with Crippen molar-refractivity contribution in [3.05, 3.63) is 35.9 Å². The zero-order valence-electron chi connectivity index (χ0n) is 14.2. The largest absolute Gasteiger partial charge is 0.466 e. The molecule has 0 aromatic heterocycles. The number of benzene rings is 1. The van der Waals surface area contributed by atoms with Gasteiger partial charge in [-0.05, 0) is 39.2 Å². The van der Waals surface area contributed by atoms with E-state index >= 15 is 0 Å². The van der Waals surface area contributed by atoms with Gasteiger partial charge in [-0.1, -0.05) is 43.7 Å². The van der Waals surface area contributed by atoms with E-state index in [9.17, 15) is 4.79 Å². The number of carbonyl (C=O) groups excluding carboxylic acids is 1. The number of hydrazone groups is 1. The number of hydrogen-bond acceptors (Lipinski definition) is 4. The first kappa shape index (κ1) is 18.2. The molecular weight excluding hydrogens is 276 g/mol. The van der Waals surface area contributed by atoms with Crippen molar-refractivity contribution in [3.63, 3.8) is 0 Å². The SMILES string of the molecule is CCCCOC(=O)CCC(C)=NNC(C)(C)c1ccccc1. The second-order valence-corrected chi connectivity index (χ2v) is 6.02. The average Bonchev–Trinajstić information content (AvgIpc) is 2.52. The first-order valence-electron chi connectivity index (χ1n) is 7.97. The lowest BCUT2D eigenvalue weighted by Gasteiger charge is -2.25. The number of ether oxygens (including phenoxy) is 1. The molecule has 1 aromatic rings. The molecular formula is C18H28N2O2. The fourth-order valence-electron chi connectivity index (χ4n) is 1.90. The van der Waals surface area contributed by atoms with E-state index in [0.29, 0.717) is 19.4 Å². The highest BCUT2D eigenvalue weighted by Gasteiger charge is 2.18. The summed E-state index contributed by atoms with van der Waals surface area (Å²) in [6.07, 6.45) is 2.95.